The van der Waals surface area contributed by atoms with Crippen molar-refractivity contribution in [3.63, 3.8) is 0 Å². The minimum atomic E-state index is -4.81. The number of aliphatic hydroxyl groups excluding tert-OH is 2. The van der Waals surface area contributed by atoms with Crippen molar-refractivity contribution in [2.45, 2.75) is 38.4 Å². The quantitative estimate of drug-likeness (QED) is 0.0654. The monoisotopic (exact) mass is 472 g/mol. The molecule has 1 fully saturated rings. The van der Waals surface area contributed by atoms with Crippen molar-refractivity contribution < 1.29 is 39.0 Å². The molecule has 0 aromatic carbocycles. The average Bonchev–Trinajstić information content (AvgIpc) is 3.24. The molecule has 2 aromatic heterocycles. The highest BCUT2D eigenvalue weighted by atomic mass is 31.2. The van der Waals surface area contributed by atoms with Crippen LogP contribution in [0.25, 0.3) is 11.0 Å². The fraction of sp³-hybridized carbons (Fsp3) is 0.471. The van der Waals surface area contributed by atoms with Gasteiger partial charge < -0.3 is 45.6 Å². The number of hydrogen-bond acceptors (Lipinski definition) is 10. The number of phosphoric acid groups is 1. The van der Waals surface area contributed by atoms with Crippen LogP contribution in [0.3, 0.4) is 0 Å². The summed E-state index contributed by atoms with van der Waals surface area (Å²) < 4.78 is 22.3. The van der Waals surface area contributed by atoms with E-state index in [2.05, 4.69) is 25.0 Å². The molecule has 1 saturated heterocycles. The summed E-state index contributed by atoms with van der Waals surface area (Å²) in [6.45, 7) is 3.66. The molecule has 2 unspecified atom stereocenters. The molecule has 3 rings (SSSR count). The van der Waals surface area contributed by atoms with Gasteiger partial charge in [-0.15, -0.1) is 0 Å². The summed E-state index contributed by atoms with van der Waals surface area (Å²) in [5.41, 5.74) is 7.40. The van der Waals surface area contributed by atoms with E-state index in [-0.39, 0.29) is 17.0 Å². The minimum Gasteiger partial charge on any atom is -0.409 e. The summed E-state index contributed by atoms with van der Waals surface area (Å²) in [6.07, 6.45) is -0.830. The van der Waals surface area contributed by atoms with Gasteiger partial charge in [0.25, 0.3) is 0 Å². The fourth-order valence-corrected chi connectivity index (χ4v) is 3.62. The number of aromatic nitrogens is 3. The third-order valence-electron chi connectivity index (χ3n) is 4.79. The molecular weight excluding hydrogens is 447 g/mol. The van der Waals surface area contributed by atoms with Crippen LogP contribution in [0.2, 0.25) is 0 Å². The normalized spacial score (nSPS) is 24.1. The Balaban J connectivity index is 2.01. The number of nitrogens with one attached hydrogen (secondary N) is 1. The summed E-state index contributed by atoms with van der Waals surface area (Å²) >= 11 is 0. The maximum atomic E-state index is 11.0. The second kappa shape index (κ2) is 9.50. The van der Waals surface area contributed by atoms with Crippen molar-refractivity contribution in [1.29, 1.82) is 0 Å². The van der Waals surface area contributed by atoms with Crippen molar-refractivity contribution in [3.8, 4) is 0 Å². The number of nitrogens with two attached hydrogens (primary N) is 1. The number of aliphatic hydroxyl groups is 2. The highest BCUT2D eigenvalue weighted by Crippen LogP contribution is 2.39. The third kappa shape index (κ3) is 5.07. The first kappa shape index (κ1) is 24.1. The van der Waals surface area contributed by atoms with Crippen molar-refractivity contribution in [3.05, 3.63) is 29.7 Å². The van der Waals surface area contributed by atoms with E-state index in [1.807, 2.05) is 19.9 Å². The molecule has 0 spiro atoms. The molecule has 176 valence electrons. The number of allylic oxidation sites excluding steroid dienone is 1. The van der Waals surface area contributed by atoms with Crippen LogP contribution in [-0.4, -0.2) is 77.0 Å². The van der Waals surface area contributed by atoms with E-state index in [1.165, 1.54) is 17.1 Å². The van der Waals surface area contributed by atoms with Crippen LogP contribution in [0.5, 0.6) is 0 Å². The highest BCUT2D eigenvalue weighted by molar-refractivity contribution is 7.46. The zero-order valence-corrected chi connectivity index (χ0v) is 18.1. The lowest BCUT2D eigenvalue weighted by Crippen LogP contribution is -2.33. The number of phosphoric ester groups is 1. The molecule has 14 nitrogen and oxygen atoms in total. The van der Waals surface area contributed by atoms with Crippen molar-refractivity contribution in [2.24, 2.45) is 10.9 Å². The Morgan fingerprint density at radius 3 is 2.72 bits per heavy atom. The number of fused-ring (bicyclic) bond motifs is 1. The molecule has 0 amide bonds. The molecule has 4 atom stereocenters. The lowest BCUT2D eigenvalue weighted by atomic mass is 10.1. The zero-order valence-electron chi connectivity index (χ0n) is 17.2. The highest BCUT2D eigenvalue weighted by Gasteiger charge is 2.45. The molecule has 2 aromatic rings. The Bertz CT molecular complexity index is 1080. The maximum absolute atomic E-state index is 11.0. The van der Waals surface area contributed by atoms with E-state index >= 15 is 0 Å². The predicted octanol–water partition coefficient (Wildman–Crippen LogP) is -0.368. The van der Waals surface area contributed by atoms with Gasteiger partial charge in [-0.3, -0.25) is 4.52 Å². The fourth-order valence-electron chi connectivity index (χ4n) is 3.28. The largest absolute Gasteiger partial charge is 0.469 e. The average molecular weight is 472 g/mol. The van der Waals surface area contributed by atoms with Gasteiger partial charge in [-0.1, -0.05) is 16.8 Å². The Labute approximate surface area is 182 Å². The van der Waals surface area contributed by atoms with Gasteiger partial charge in [0, 0.05) is 12.7 Å². The number of rotatable bonds is 8. The smallest absolute Gasteiger partial charge is 0.409 e. The zero-order chi connectivity index (χ0) is 23.6. The van der Waals surface area contributed by atoms with E-state index in [4.69, 9.17) is 20.3 Å². The summed E-state index contributed by atoms with van der Waals surface area (Å²) in [4.78, 5) is 26.2. The third-order valence-corrected chi connectivity index (χ3v) is 5.28. The Morgan fingerprint density at radius 1 is 1.38 bits per heavy atom. The van der Waals surface area contributed by atoms with Crippen molar-refractivity contribution in [1.82, 2.24) is 14.5 Å². The minimum absolute atomic E-state index is 0.239. The topological polar surface area (TPSA) is 218 Å². The van der Waals surface area contributed by atoms with Gasteiger partial charge in [-0.2, -0.15) is 0 Å². The number of oxime groups is 1. The van der Waals surface area contributed by atoms with Crippen LogP contribution >= 0.6 is 7.82 Å². The van der Waals surface area contributed by atoms with Gasteiger partial charge in [0.1, 0.15) is 36.1 Å². The Morgan fingerprint density at radius 2 is 2.09 bits per heavy atom. The van der Waals surface area contributed by atoms with E-state index < -0.39 is 39.0 Å². The van der Waals surface area contributed by atoms with Crippen LogP contribution in [0.1, 0.15) is 25.6 Å². The van der Waals surface area contributed by atoms with Gasteiger partial charge in [0.15, 0.2) is 12.1 Å². The molecule has 0 bridgehead atoms. The molecule has 15 heteroatoms. The molecule has 32 heavy (non-hydrogen) atoms. The molecule has 1 aliphatic heterocycles. The molecular formula is C17H25N6O8P. The van der Waals surface area contributed by atoms with E-state index in [1.54, 1.807) is 0 Å². The Hall–Kier alpha value is -2.58. The second-order valence-electron chi connectivity index (χ2n) is 7.35. The number of anilines is 1. The van der Waals surface area contributed by atoms with Crippen LogP contribution < -0.4 is 11.1 Å². The SMILES string of the molecule is CC(C)=CCNc1ncnc2c1c(C(N)=NO)cn2[C@@H]1OC(COP(=O)(O)O)C(O)[C@H]1O. The van der Waals surface area contributed by atoms with Gasteiger partial charge in [0.2, 0.25) is 0 Å². The second-order valence-corrected chi connectivity index (χ2v) is 8.59. The maximum Gasteiger partial charge on any atom is 0.469 e. The lowest BCUT2D eigenvalue weighted by molar-refractivity contribution is -0.0501. The number of ether oxygens (including phenoxy) is 1. The number of amidine groups is 1. The van der Waals surface area contributed by atoms with Gasteiger partial charge in [-0.05, 0) is 13.8 Å². The number of hydrogen-bond donors (Lipinski definition) is 7. The number of nitrogens with zero attached hydrogens (tertiary/aromatic N) is 4. The van der Waals surface area contributed by atoms with Crippen molar-refractivity contribution in [2.75, 3.05) is 18.5 Å². The van der Waals surface area contributed by atoms with Gasteiger partial charge >= 0.3 is 7.82 Å². The van der Waals surface area contributed by atoms with Crippen LogP contribution in [-0.2, 0) is 13.8 Å². The molecule has 0 aliphatic carbocycles. The summed E-state index contributed by atoms with van der Waals surface area (Å²) in [5, 5.41) is 36.5. The lowest BCUT2D eigenvalue weighted by Gasteiger charge is -2.17. The molecule has 8 N–H and O–H groups in total. The summed E-state index contributed by atoms with van der Waals surface area (Å²) in [5.74, 6) is 0.130. The predicted molar refractivity (Wildman–Crippen MR) is 112 cm³/mol. The summed E-state index contributed by atoms with van der Waals surface area (Å²) in [7, 11) is -4.81. The van der Waals surface area contributed by atoms with E-state index in [9.17, 15) is 20.0 Å². The van der Waals surface area contributed by atoms with Gasteiger partial charge in [0.05, 0.1) is 17.6 Å². The molecule has 1 aliphatic rings. The summed E-state index contributed by atoms with van der Waals surface area (Å²) in [6, 6.07) is 0. The van der Waals surface area contributed by atoms with E-state index in [0.717, 1.165) is 5.57 Å². The molecule has 0 radical (unpaired) electrons. The molecule has 0 saturated carbocycles. The van der Waals surface area contributed by atoms with Crippen LogP contribution in [0.4, 0.5) is 5.82 Å². The van der Waals surface area contributed by atoms with Crippen LogP contribution in [0, 0.1) is 0 Å². The van der Waals surface area contributed by atoms with Crippen molar-refractivity contribution >= 4 is 30.5 Å². The van der Waals surface area contributed by atoms with Gasteiger partial charge in [-0.25, -0.2) is 14.5 Å². The first-order chi connectivity index (χ1) is 15.0. The van der Waals surface area contributed by atoms with E-state index in [0.29, 0.717) is 17.7 Å². The first-order valence-corrected chi connectivity index (χ1v) is 11.0. The molecule has 3 heterocycles. The first-order valence-electron chi connectivity index (χ1n) is 9.45. The standard InChI is InChI=1S/C17H25N6O8P/c1-8(2)3-4-19-15-11-9(14(18)22-26)5-23(16(11)21-7-20-15)17-13(25)12(24)10(31-17)6-30-32(27,28)29/h3,5,7,10,12-13,17,24-26H,4,6H2,1-2H3,(H2,18,22)(H,19,20,21)(H2,27,28,29)/t10?,12?,13-,17-/m1/s1. The van der Waals surface area contributed by atoms with Crippen LogP contribution in [0.15, 0.2) is 29.3 Å². The Kier molecular flexibility index (Phi) is 7.15.